The molecule has 0 amide bonds. The maximum absolute atomic E-state index is 11.0. The number of carbonyl (C=O) groups excluding carboxylic acids is 1. The normalized spacial score (nSPS) is 10.4. The topological polar surface area (TPSA) is 54.4 Å². The number of hydrogen-bond donors (Lipinski definition) is 1. The Morgan fingerprint density at radius 2 is 2.00 bits per heavy atom. The maximum atomic E-state index is 11.0. The van der Waals surface area contributed by atoms with Crippen LogP contribution in [0.5, 0.6) is 0 Å². The summed E-state index contributed by atoms with van der Waals surface area (Å²) in [5.74, 6) is -2.13. The molecule has 2 rings (SSSR count). The molecule has 1 aromatic carbocycles. The molecule has 0 bridgehead atoms. The van der Waals surface area contributed by atoms with E-state index in [0.717, 1.165) is 15.0 Å². The third-order valence-corrected chi connectivity index (χ3v) is 3.17. The van der Waals surface area contributed by atoms with E-state index >= 15 is 0 Å². The number of fused-ring (bicyclic) bond motifs is 1. The molecule has 0 spiro atoms. The van der Waals surface area contributed by atoms with E-state index in [0.29, 0.717) is 0 Å². The van der Waals surface area contributed by atoms with E-state index in [-0.39, 0.29) is 6.42 Å². The first-order valence-electron chi connectivity index (χ1n) is 4.40. The Balaban J connectivity index is 2.30. The van der Waals surface area contributed by atoms with E-state index in [1.165, 1.54) is 11.3 Å². The summed E-state index contributed by atoms with van der Waals surface area (Å²) in [6, 6.07) is 9.59. The summed E-state index contributed by atoms with van der Waals surface area (Å²) in [7, 11) is 0. The average Bonchev–Trinajstić information content (AvgIpc) is 2.59. The van der Waals surface area contributed by atoms with Gasteiger partial charge in [0.05, 0.1) is 6.42 Å². The van der Waals surface area contributed by atoms with E-state index in [1.54, 1.807) is 0 Å². The summed E-state index contributed by atoms with van der Waals surface area (Å²) in [5.41, 5.74) is 0. The van der Waals surface area contributed by atoms with Crippen LogP contribution in [0.15, 0.2) is 30.3 Å². The molecule has 0 radical (unpaired) electrons. The number of Topliss-reactive ketones (excluding diaryl/α,β-unsaturated/α-hetero) is 1. The highest BCUT2D eigenvalue weighted by atomic mass is 32.1. The zero-order valence-electron chi connectivity index (χ0n) is 7.77. The fraction of sp³-hybridized carbons (Fsp3) is 0.0909. The van der Waals surface area contributed by atoms with Gasteiger partial charge in [0.2, 0.25) is 5.78 Å². The smallest absolute Gasteiger partial charge is 0.372 e. The fourth-order valence-electron chi connectivity index (χ4n) is 1.36. The van der Waals surface area contributed by atoms with Gasteiger partial charge in [0.1, 0.15) is 0 Å². The molecule has 0 aliphatic heterocycles. The predicted molar refractivity (Wildman–Crippen MR) is 58.2 cm³/mol. The number of thiophene rings is 1. The monoisotopic (exact) mass is 220 g/mol. The van der Waals surface area contributed by atoms with Gasteiger partial charge in [0.15, 0.2) is 0 Å². The highest BCUT2D eigenvalue weighted by molar-refractivity contribution is 7.19. The fourth-order valence-corrected chi connectivity index (χ4v) is 2.42. The van der Waals surface area contributed by atoms with Crippen LogP contribution in [0.1, 0.15) is 4.88 Å². The Morgan fingerprint density at radius 1 is 1.27 bits per heavy atom. The summed E-state index contributed by atoms with van der Waals surface area (Å²) in [6.45, 7) is 0. The molecule has 0 saturated heterocycles. The predicted octanol–water partition coefficient (Wildman–Crippen LogP) is 2.10. The zero-order valence-corrected chi connectivity index (χ0v) is 8.58. The zero-order chi connectivity index (χ0) is 10.8. The maximum Gasteiger partial charge on any atom is 0.372 e. The van der Waals surface area contributed by atoms with Crippen molar-refractivity contribution in [3.05, 3.63) is 35.2 Å². The Morgan fingerprint density at radius 3 is 2.67 bits per heavy atom. The highest BCUT2D eigenvalue weighted by Gasteiger charge is 2.13. The van der Waals surface area contributed by atoms with Crippen molar-refractivity contribution >= 4 is 33.2 Å². The molecule has 0 fully saturated rings. The van der Waals surface area contributed by atoms with Gasteiger partial charge < -0.3 is 5.11 Å². The van der Waals surface area contributed by atoms with Gasteiger partial charge in [-0.15, -0.1) is 11.3 Å². The lowest BCUT2D eigenvalue weighted by molar-refractivity contribution is -0.148. The lowest BCUT2D eigenvalue weighted by Gasteiger charge is -1.89. The first-order chi connectivity index (χ1) is 7.16. The molecule has 4 heteroatoms. The summed E-state index contributed by atoms with van der Waals surface area (Å²) in [4.78, 5) is 22.2. The lowest BCUT2D eigenvalue weighted by atomic mass is 10.2. The first kappa shape index (κ1) is 9.86. The highest BCUT2D eigenvalue weighted by Crippen LogP contribution is 2.25. The van der Waals surface area contributed by atoms with Crippen LogP contribution in [0, 0.1) is 0 Å². The van der Waals surface area contributed by atoms with Crippen LogP contribution in [-0.2, 0) is 16.0 Å². The summed E-state index contributed by atoms with van der Waals surface area (Å²) >= 11 is 1.46. The van der Waals surface area contributed by atoms with Crippen LogP contribution in [-0.4, -0.2) is 16.9 Å². The molecule has 1 N–H and O–H groups in total. The van der Waals surface area contributed by atoms with E-state index in [1.807, 2.05) is 30.3 Å². The Hall–Kier alpha value is -1.68. The molecule has 3 nitrogen and oxygen atoms in total. The summed E-state index contributed by atoms with van der Waals surface area (Å²) < 4.78 is 1.07. The minimum Gasteiger partial charge on any atom is -0.475 e. The number of carbonyl (C=O) groups is 2. The average molecular weight is 220 g/mol. The first-order valence-corrected chi connectivity index (χ1v) is 5.22. The third kappa shape index (κ3) is 2.05. The van der Waals surface area contributed by atoms with Crippen molar-refractivity contribution in [2.75, 3.05) is 0 Å². The van der Waals surface area contributed by atoms with Crippen molar-refractivity contribution in [3.63, 3.8) is 0 Å². The summed E-state index contributed by atoms with van der Waals surface area (Å²) in [6.07, 6.45) is -0.0192. The van der Waals surface area contributed by atoms with Gasteiger partial charge in [-0.2, -0.15) is 0 Å². The van der Waals surface area contributed by atoms with E-state index < -0.39 is 11.8 Å². The van der Waals surface area contributed by atoms with Crippen molar-refractivity contribution in [1.82, 2.24) is 0 Å². The quantitative estimate of drug-likeness (QED) is 0.806. The number of carboxylic acids is 1. The molecule has 0 aliphatic rings. The molecule has 2 aromatic rings. The molecule has 0 saturated carbocycles. The molecule has 1 heterocycles. The number of aliphatic carboxylic acids is 1. The van der Waals surface area contributed by atoms with Gasteiger partial charge in [0.25, 0.3) is 0 Å². The second-order valence-corrected chi connectivity index (χ2v) is 4.32. The van der Waals surface area contributed by atoms with Gasteiger partial charge in [0, 0.05) is 9.58 Å². The van der Waals surface area contributed by atoms with Gasteiger partial charge in [-0.25, -0.2) is 4.79 Å². The van der Waals surface area contributed by atoms with Crippen LogP contribution < -0.4 is 0 Å². The van der Waals surface area contributed by atoms with Crippen molar-refractivity contribution in [3.8, 4) is 0 Å². The molecule has 15 heavy (non-hydrogen) atoms. The number of rotatable bonds is 3. The van der Waals surface area contributed by atoms with Crippen molar-refractivity contribution in [2.24, 2.45) is 0 Å². The van der Waals surface area contributed by atoms with Gasteiger partial charge in [-0.1, -0.05) is 18.2 Å². The van der Waals surface area contributed by atoms with Crippen LogP contribution in [0.3, 0.4) is 0 Å². The van der Waals surface area contributed by atoms with Crippen molar-refractivity contribution in [1.29, 1.82) is 0 Å². The minimum absolute atomic E-state index is 0.0192. The van der Waals surface area contributed by atoms with Gasteiger partial charge >= 0.3 is 5.97 Å². The van der Waals surface area contributed by atoms with E-state index in [9.17, 15) is 9.59 Å². The molecular weight excluding hydrogens is 212 g/mol. The number of hydrogen-bond acceptors (Lipinski definition) is 3. The number of carboxylic acid groups (broad SMARTS) is 1. The lowest BCUT2D eigenvalue weighted by Crippen LogP contribution is -2.14. The molecule has 0 aliphatic carbocycles. The van der Waals surface area contributed by atoms with Gasteiger partial charge in [-0.05, 0) is 17.5 Å². The minimum atomic E-state index is -1.37. The number of benzene rings is 1. The second kappa shape index (κ2) is 3.82. The Kier molecular flexibility index (Phi) is 2.51. The molecule has 0 atom stereocenters. The van der Waals surface area contributed by atoms with E-state index in [2.05, 4.69) is 0 Å². The van der Waals surface area contributed by atoms with Crippen LogP contribution in [0.2, 0.25) is 0 Å². The van der Waals surface area contributed by atoms with Crippen LogP contribution in [0.25, 0.3) is 10.1 Å². The second-order valence-electron chi connectivity index (χ2n) is 3.16. The number of ketones is 1. The standard InChI is InChI=1S/C11H8O3S/c12-9(11(13)14)6-8-5-7-3-1-2-4-10(7)15-8/h1-5H,6H2,(H,13,14). The summed E-state index contributed by atoms with van der Waals surface area (Å²) in [5, 5.41) is 9.52. The molecule has 0 unspecified atom stereocenters. The molecule has 76 valence electrons. The Bertz CT molecular complexity index is 494. The van der Waals surface area contributed by atoms with Crippen molar-refractivity contribution in [2.45, 2.75) is 6.42 Å². The molecular formula is C11H8O3S. The third-order valence-electron chi connectivity index (χ3n) is 2.05. The molecule has 1 aromatic heterocycles. The van der Waals surface area contributed by atoms with Gasteiger partial charge in [-0.3, -0.25) is 4.79 Å². The van der Waals surface area contributed by atoms with Crippen LogP contribution >= 0.6 is 11.3 Å². The SMILES string of the molecule is O=C(O)C(=O)Cc1cc2ccccc2s1. The largest absolute Gasteiger partial charge is 0.475 e. The van der Waals surface area contributed by atoms with Crippen LogP contribution in [0.4, 0.5) is 0 Å². The Labute approximate surface area is 90.0 Å². The van der Waals surface area contributed by atoms with Crippen molar-refractivity contribution < 1.29 is 14.7 Å². The van der Waals surface area contributed by atoms with E-state index in [4.69, 9.17) is 5.11 Å².